The van der Waals surface area contributed by atoms with Crippen molar-refractivity contribution in [1.29, 1.82) is 0 Å². The standard InChI is InChI=1S/C11H13FN2O5/c12-8-1-2-9(10(7-8)14(18)19)11(17)13(3-5-15)4-6-16/h1-2,7,15-16H,3-6H2. The molecule has 1 rings (SSSR count). The van der Waals surface area contributed by atoms with Crippen molar-refractivity contribution in [2.24, 2.45) is 0 Å². The second-order valence-electron chi connectivity index (χ2n) is 3.66. The zero-order valence-electron chi connectivity index (χ0n) is 9.95. The molecule has 0 unspecified atom stereocenters. The summed E-state index contributed by atoms with van der Waals surface area (Å²) in [6.07, 6.45) is 0. The minimum absolute atomic E-state index is 0.0755. The number of nitro groups is 1. The molecule has 2 N–H and O–H groups in total. The molecule has 1 aromatic carbocycles. The van der Waals surface area contributed by atoms with E-state index in [0.717, 1.165) is 17.0 Å². The van der Waals surface area contributed by atoms with E-state index in [1.807, 2.05) is 0 Å². The maximum atomic E-state index is 13.0. The highest BCUT2D eigenvalue weighted by Crippen LogP contribution is 2.21. The van der Waals surface area contributed by atoms with Crippen molar-refractivity contribution in [2.45, 2.75) is 0 Å². The van der Waals surface area contributed by atoms with Crippen LogP contribution >= 0.6 is 0 Å². The summed E-state index contributed by atoms with van der Waals surface area (Å²) in [5.74, 6) is -1.56. The number of rotatable bonds is 6. The monoisotopic (exact) mass is 272 g/mol. The molecular weight excluding hydrogens is 259 g/mol. The summed E-state index contributed by atoms with van der Waals surface area (Å²) in [4.78, 5) is 23.0. The lowest BCUT2D eigenvalue weighted by Crippen LogP contribution is -2.36. The zero-order valence-corrected chi connectivity index (χ0v) is 9.95. The fraction of sp³-hybridized carbons (Fsp3) is 0.364. The number of aliphatic hydroxyl groups is 2. The fourth-order valence-corrected chi connectivity index (χ4v) is 1.56. The van der Waals surface area contributed by atoms with Gasteiger partial charge in [0.2, 0.25) is 0 Å². The summed E-state index contributed by atoms with van der Waals surface area (Å²) >= 11 is 0. The van der Waals surface area contributed by atoms with Crippen molar-refractivity contribution in [2.75, 3.05) is 26.3 Å². The van der Waals surface area contributed by atoms with Gasteiger partial charge in [0.05, 0.1) is 24.2 Å². The van der Waals surface area contributed by atoms with Gasteiger partial charge in [-0.1, -0.05) is 0 Å². The minimum Gasteiger partial charge on any atom is -0.395 e. The van der Waals surface area contributed by atoms with Crippen LogP contribution in [0.4, 0.5) is 10.1 Å². The summed E-state index contributed by atoms with van der Waals surface area (Å²) in [6, 6.07) is 2.61. The number of carbonyl (C=O) groups excluding carboxylic acids is 1. The van der Waals surface area contributed by atoms with Crippen molar-refractivity contribution in [1.82, 2.24) is 4.90 Å². The van der Waals surface area contributed by atoms with Crippen LogP contribution in [0.3, 0.4) is 0 Å². The van der Waals surface area contributed by atoms with Gasteiger partial charge in [0.15, 0.2) is 0 Å². The molecule has 0 atom stereocenters. The van der Waals surface area contributed by atoms with Crippen molar-refractivity contribution in [3.63, 3.8) is 0 Å². The number of amides is 1. The van der Waals surface area contributed by atoms with Gasteiger partial charge < -0.3 is 15.1 Å². The van der Waals surface area contributed by atoms with Gasteiger partial charge in [0, 0.05) is 13.1 Å². The molecular formula is C11H13FN2O5. The van der Waals surface area contributed by atoms with E-state index in [4.69, 9.17) is 10.2 Å². The lowest BCUT2D eigenvalue weighted by atomic mass is 10.1. The van der Waals surface area contributed by atoms with Crippen molar-refractivity contribution < 1.29 is 24.3 Å². The second kappa shape index (κ2) is 6.76. The highest BCUT2D eigenvalue weighted by molar-refractivity contribution is 5.98. The zero-order chi connectivity index (χ0) is 14.4. The topological polar surface area (TPSA) is 104 Å². The highest BCUT2D eigenvalue weighted by atomic mass is 19.1. The third-order valence-corrected chi connectivity index (χ3v) is 2.41. The number of nitrogens with zero attached hydrogens (tertiary/aromatic N) is 2. The lowest BCUT2D eigenvalue weighted by Gasteiger charge is -2.20. The molecule has 0 aliphatic rings. The highest BCUT2D eigenvalue weighted by Gasteiger charge is 2.24. The van der Waals surface area contributed by atoms with E-state index in [1.165, 1.54) is 0 Å². The summed E-state index contributed by atoms with van der Waals surface area (Å²) in [5.41, 5.74) is -0.931. The Labute approximate surface area is 108 Å². The molecule has 8 heteroatoms. The Hall–Kier alpha value is -2.06. The van der Waals surface area contributed by atoms with Crippen LogP contribution in [0, 0.1) is 15.9 Å². The minimum atomic E-state index is -0.855. The molecule has 0 aliphatic carbocycles. The predicted octanol–water partition coefficient (Wildman–Crippen LogP) is 0.161. The summed E-state index contributed by atoms with van der Waals surface area (Å²) < 4.78 is 13.0. The number of benzene rings is 1. The molecule has 0 spiro atoms. The normalized spacial score (nSPS) is 10.3. The Morgan fingerprint density at radius 3 is 2.37 bits per heavy atom. The first-order valence-electron chi connectivity index (χ1n) is 5.46. The van der Waals surface area contributed by atoms with E-state index in [1.54, 1.807) is 0 Å². The molecule has 0 fully saturated rings. The van der Waals surface area contributed by atoms with Crippen molar-refractivity contribution >= 4 is 11.6 Å². The van der Waals surface area contributed by atoms with Gasteiger partial charge in [-0.25, -0.2) is 4.39 Å². The van der Waals surface area contributed by atoms with Crippen LogP contribution in [-0.2, 0) is 0 Å². The molecule has 0 saturated carbocycles. The van der Waals surface area contributed by atoms with Crippen molar-refractivity contribution in [3.8, 4) is 0 Å². The number of hydrogen-bond acceptors (Lipinski definition) is 5. The van der Waals surface area contributed by atoms with Gasteiger partial charge in [-0.15, -0.1) is 0 Å². The molecule has 0 bridgehead atoms. The van der Waals surface area contributed by atoms with E-state index < -0.39 is 22.3 Å². The molecule has 0 saturated heterocycles. The fourth-order valence-electron chi connectivity index (χ4n) is 1.56. The third-order valence-electron chi connectivity index (χ3n) is 2.41. The van der Waals surface area contributed by atoms with Crippen LogP contribution in [0.15, 0.2) is 18.2 Å². The molecule has 1 amide bonds. The number of nitro benzene ring substituents is 1. The smallest absolute Gasteiger partial charge is 0.285 e. The Kier molecular flexibility index (Phi) is 5.34. The first kappa shape index (κ1) is 15.0. The van der Waals surface area contributed by atoms with Crippen LogP contribution in [0.2, 0.25) is 0 Å². The van der Waals surface area contributed by atoms with Crippen LogP contribution in [0.25, 0.3) is 0 Å². The Balaban J connectivity index is 3.13. The van der Waals surface area contributed by atoms with E-state index in [0.29, 0.717) is 6.07 Å². The van der Waals surface area contributed by atoms with Crippen LogP contribution in [0.5, 0.6) is 0 Å². The van der Waals surface area contributed by atoms with E-state index in [-0.39, 0.29) is 31.9 Å². The average molecular weight is 272 g/mol. The van der Waals surface area contributed by atoms with Crippen LogP contribution in [0.1, 0.15) is 10.4 Å². The quantitative estimate of drug-likeness (QED) is 0.567. The second-order valence-corrected chi connectivity index (χ2v) is 3.66. The predicted molar refractivity (Wildman–Crippen MR) is 63.1 cm³/mol. The SMILES string of the molecule is O=C(c1ccc(F)cc1[N+](=O)[O-])N(CCO)CCO. The van der Waals surface area contributed by atoms with E-state index in [2.05, 4.69) is 0 Å². The average Bonchev–Trinajstić information content (AvgIpc) is 2.37. The molecule has 1 aromatic rings. The van der Waals surface area contributed by atoms with E-state index >= 15 is 0 Å². The lowest BCUT2D eigenvalue weighted by molar-refractivity contribution is -0.385. The maximum absolute atomic E-state index is 13.0. The molecule has 0 aliphatic heterocycles. The molecule has 0 radical (unpaired) electrons. The van der Waals surface area contributed by atoms with Crippen LogP contribution in [-0.4, -0.2) is 52.2 Å². The van der Waals surface area contributed by atoms with Crippen LogP contribution < -0.4 is 0 Å². The Bertz CT molecular complexity index is 474. The largest absolute Gasteiger partial charge is 0.395 e. The number of aliphatic hydroxyl groups excluding tert-OH is 2. The van der Waals surface area contributed by atoms with Gasteiger partial charge in [-0.3, -0.25) is 14.9 Å². The van der Waals surface area contributed by atoms with Gasteiger partial charge in [0.1, 0.15) is 11.4 Å². The van der Waals surface area contributed by atoms with Gasteiger partial charge >= 0.3 is 0 Å². The van der Waals surface area contributed by atoms with Gasteiger partial charge in [-0.05, 0) is 12.1 Å². The first-order valence-corrected chi connectivity index (χ1v) is 5.46. The number of carbonyl (C=O) groups is 1. The third kappa shape index (κ3) is 3.70. The maximum Gasteiger partial charge on any atom is 0.285 e. The van der Waals surface area contributed by atoms with Crippen molar-refractivity contribution in [3.05, 3.63) is 39.7 Å². The molecule has 19 heavy (non-hydrogen) atoms. The number of halogens is 1. The summed E-state index contributed by atoms with van der Waals surface area (Å²) in [6.45, 7) is -0.844. The first-order chi connectivity index (χ1) is 9.01. The Morgan fingerprint density at radius 2 is 1.89 bits per heavy atom. The molecule has 104 valence electrons. The number of hydrogen-bond donors (Lipinski definition) is 2. The van der Waals surface area contributed by atoms with Gasteiger partial charge in [0.25, 0.3) is 11.6 Å². The molecule has 0 aromatic heterocycles. The summed E-state index contributed by atoms with van der Waals surface area (Å²) in [5, 5.41) is 28.4. The van der Waals surface area contributed by atoms with E-state index in [9.17, 15) is 19.3 Å². The molecule has 7 nitrogen and oxygen atoms in total. The van der Waals surface area contributed by atoms with Gasteiger partial charge in [-0.2, -0.15) is 0 Å². The molecule has 0 heterocycles. The Morgan fingerprint density at radius 1 is 1.32 bits per heavy atom. The summed E-state index contributed by atoms with van der Waals surface area (Å²) in [7, 11) is 0.